The van der Waals surface area contributed by atoms with Crippen molar-refractivity contribution < 1.29 is 9.15 Å². The molecule has 8 heteroatoms. The number of rotatable bonds is 11. The van der Waals surface area contributed by atoms with Crippen LogP contribution in [-0.2, 0) is 17.8 Å². The summed E-state index contributed by atoms with van der Waals surface area (Å²) in [6.45, 7) is 5.55. The highest BCUT2D eigenvalue weighted by molar-refractivity contribution is 14.0. The Labute approximate surface area is 194 Å². The molecule has 0 bridgehead atoms. The third kappa shape index (κ3) is 8.19. The zero-order valence-corrected chi connectivity index (χ0v) is 19.6. The molecule has 30 heavy (non-hydrogen) atoms. The Morgan fingerprint density at radius 1 is 1.17 bits per heavy atom. The van der Waals surface area contributed by atoms with Crippen LogP contribution in [-0.4, -0.2) is 42.0 Å². The first-order valence-electron chi connectivity index (χ1n) is 10.1. The van der Waals surface area contributed by atoms with Crippen LogP contribution in [0.4, 0.5) is 0 Å². The predicted octanol–water partition coefficient (Wildman–Crippen LogP) is 3.79. The largest absolute Gasteiger partial charge is 0.467 e. The average molecular weight is 523 g/mol. The highest BCUT2D eigenvalue weighted by atomic mass is 127. The van der Waals surface area contributed by atoms with Crippen molar-refractivity contribution in [2.75, 3.05) is 26.2 Å². The monoisotopic (exact) mass is 523 g/mol. The molecule has 0 saturated heterocycles. The number of nitrogens with zero attached hydrogens (tertiary/aromatic N) is 3. The lowest BCUT2D eigenvalue weighted by Crippen LogP contribution is -2.38. The molecular formula is C22H30IN5O2. The molecular weight excluding hydrogens is 493 g/mol. The first kappa shape index (κ1) is 23.9. The molecule has 0 saturated carbocycles. The van der Waals surface area contributed by atoms with Crippen molar-refractivity contribution >= 4 is 29.9 Å². The Morgan fingerprint density at radius 2 is 2.03 bits per heavy atom. The van der Waals surface area contributed by atoms with Crippen molar-refractivity contribution in [1.29, 1.82) is 0 Å². The quantitative estimate of drug-likeness (QED) is 0.173. The van der Waals surface area contributed by atoms with Gasteiger partial charge in [0.1, 0.15) is 12.4 Å². The fourth-order valence-electron chi connectivity index (χ4n) is 2.80. The fraction of sp³-hybridized carbons (Fsp3) is 0.364. The maximum absolute atomic E-state index is 5.58. The third-order valence-corrected chi connectivity index (χ3v) is 4.25. The molecule has 2 heterocycles. The maximum Gasteiger partial charge on any atom is 0.191 e. The van der Waals surface area contributed by atoms with Crippen molar-refractivity contribution in [1.82, 2.24) is 20.4 Å². The minimum absolute atomic E-state index is 0. The van der Waals surface area contributed by atoms with Crippen molar-refractivity contribution in [3.8, 4) is 5.69 Å². The molecule has 0 aliphatic carbocycles. The predicted molar refractivity (Wildman–Crippen MR) is 130 cm³/mol. The third-order valence-electron chi connectivity index (χ3n) is 4.25. The summed E-state index contributed by atoms with van der Waals surface area (Å²) >= 11 is 0. The van der Waals surface area contributed by atoms with Crippen molar-refractivity contribution in [2.24, 2.45) is 4.99 Å². The molecule has 0 aliphatic heterocycles. The molecule has 0 unspecified atom stereocenters. The normalized spacial score (nSPS) is 11.2. The summed E-state index contributed by atoms with van der Waals surface area (Å²) in [6, 6.07) is 13.9. The molecule has 3 aromatic rings. The Balaban J connectivity index is 0.00000320. The Hall–Kier alpha value is -2.33. The van der Waals surface area contributed by atoms with Crippen LogP contribution in [0.15, 0.2) is 70.5 Å². The number of aliphatic imine (C=N–C) groups is 1. The standard InChI is InChI=1S/C22H29N5O2.HI/c1-2-23-22(24-12-7-14-28-18-21-10-6-15-29-21)25-13-11-19-16-26-27(17-19)20-8-4-3-5-9-20;/h3-6,8-10,15-17H,2,7,11-14,18H2,1H3,(H2,23,24,25);1H. The van der Waals surface area contributed by atoms with E-state index in [0.29, 0.717) is 19.8 Å². The van der Waals surface area contributed by atoms with E-state index in [1.807, 2.05) is 53.3 Å². The first-order valence-corrected chi connectivity index (χ1v) is 10.1. The van der Waals surface area contributed by atoms with Crippen LogP contribution < -0.4 is 10.6 Å². The lowest BCUT2D eigenvalue weighted by Gasteiger charge is -2.10. The van der Waals surface area contributed by atoms with E-state index < -0.39 is 0 Å². The van der Waals surface area contributed by atoms with E-state index in [-0.39, 0.29) is 24.0 Å². The average Bonchev–Trinajstić information content (AvgIpc) is 3.43. The summed E-state index contributed by atoms with van der Waals surface area (Å²) in [5.41, 5.74) is 2.25. The van der Waals surface area contributed by atoms with Gasteiger partial charge in [-0.25, -0.2) is 4.68 Å². The van der Waals surface area contributed by atoms with Crippen LogP contribution >= 0.6 is 24.0 Å². The number of furan rings is 1. The molecule has 3 rings (SSSR count). The van der Waals surface area contributed by atoms with Gasteiger partial charge in [-0.2, -0.15) is 5.10 Å². The Morgan fingerprint density at radius 3 is 2.80 bits per heavy atom. The Kier molecular flexibility index (Phi) is 11.0. The van der Waals surface area contributed by atoms with Gasteiger partial charge in [-0.15, -0.1) is 24.0 Å². The zero-order chi connectivity index (χ0) is 20.2. The summed E-state index contributed by atoms with van der Waals surface area (Å²) in [5.74, 6) is 1.67. The van der Waals surface area contributed by atoms with Crippen LogP contribution in [0.25, 0.3) is 5.69 Å². The number of aromatic nitrogens is 2. The van der Waals surface area contributed by atoms with Crippen molar-refractivity contribution in [3.05, 3.63) is 72.4 Å². The van der Waals surface area contributed by atoms with Crippen LogP contribution in [0.1, 0.15) is 24.7 Å². The number of nitrogens with one attached hydrogen (secondary N) is 2. The summed E-state index contributed by atoms with van der Waals surface area (Å²) in [7, 11) is 0. The lowest BCUT2D eigenvalue weighted by molar-refractivity contribution is 0.105. The first-order chi connectivity index (χ1) is 14.3. The number of guanidine groups is 1. The van der Waals surface area contributed by atoms with E-state index >= 15 is 0 Å². The number of para-hydroxylation sites is 1. The summed E-state index contributed by atoms with van der Waals surface area (Å²) in [5, 5.41) is 11.1. The molecule has 2 aromatic heterocycles. The zero-order valence-electron chi connectivity index (χ0n) is 17.3. The van der Waals surface area contributed by atoms with Gasteiger partial charge in [-0.3, -0.25) is 4.99 Å². The number of ether oxygens (including phenoxy) is 1. The number of halogens is 1. The Bertz CT molecular complexity index is 850. The molecule has 0 aliphatic rings. The van der Waals surface area contributed by atoms with Crippen molar-refractivity contribution in [2.45, 2.75) is 26.4 Å². The number of benzene rings is 1. The molecule has 0 amide bonds. The van der Waals surface area contributed by atoms with Gasteiger partial charge in [0.05, 0.1) is 18.1 Å². The highest BCUT2D eigenvalue weighted by Crippen LogP contribution is 2.07. The SMILES string of the molecule is CCNC(=NCCCOCc1ccco1)NCCc1cnn(-c2ccccc2)c1.I. The lowest BCUT2D eigenvalue weighted by atomic mass is 10.2. The van der Waals surface area contributed by atoms with E-state index in [0.717, 1.165) is 43.3 Å². The topological polar surface area (TPSA) is 76.6 Å². The smallest absolute Gasteiger partial charge is 0.191 e. The fourth-order valence-corrected chi connectivity index (χ4v) is 2.80. The van der Waals surface area contributed by atoms with E-state index in [4.69, 9.17) is 9.15 Å². The molecule has 2 N–H and O–H groups in total. The van der Waals surface area contributed by atoms with Gasteiger partial charge in [0.15, 0.2) is 5.96 Å². The van der Waals surface area contributed by atoms with E-state index in [9.17, 15) is 0 Å². The molecule has 0 radical (unpaired) electrons. The van der Waals surface area contributed by atoms with Crippen LogP contribution in [0.2, 0.25) is 0 Å². The van der Waals surface area contributed by atoms with E-state index in [1.54, 1.807) is 6.26 Å². The second kappa shape index (κ2) is 13.8. The molecule has 1 aromatic carbocycles. The summed E-state index contributed by atoms with van der Waals surface area (Å²) < 4.78 is 12.7. The molecule has 0 fully saturated rings. The number of hydrogen-bond acceptors (Lipinski definition) is 4. The number of hydrogen-bond donors (Lipinski definition) is 2. The van der Waals surface area contributed by atoms with Gasteiger partial charge in [-0.1, -0.05) is 18.2 Å². The van der Waals surface area contributed by atoms with Gasteiger partial charge in [-0.05, 0) is 49.6 Å². The summed E-state index contributed by atoms with van der Waals surface area (Å²) in [4.78, 5) is 4.60. The van der Waals surface area contributed by atoms with E-state index in [1.165, 1.54) is 5.56 Å². The van der Waals surface area contributed by atoms with Crippen LogP contribution in [0.3, 0.4) is 0 Å². The van der Waals surface area contributed by atoms with Gasteiger partial charge in [0, 0.05) is 32.4 Å². The summed E-state index contributed by atoms with van der Waals surface area (Å²) in [6.07, 6.45) is 7.38. The maximum atomic E-state index is 5.58. The van der Waals surface area contributed by atoms with Crippen LogP contribution in [0, 0.1) is 0 Å². The second-order valence-electron chi connectivity index (χ2n) is 6.55. The molecule has 162 valence electrons. The van der Waals surface area contributed by atoms with Gasteiger partial charge >= 0.3 is 0 Å². The second-order valence-corrected chi connectivity index (χ2v) is 6.55. The van der Waals surface area contributed by atoms with Gasteiger partial charge in [0.2, 0.25) is 0 Å². The minimum Gasteiger partial charge on any atom is -0.467 e. The van der Waals surface area contributed by atoms with Gasteiger partial charge < -0.3 is 19.8 Å². The van der Waals surface area contributed by atoms with Crippen LogP contribution in [0.5, 0.6) is 0 Å². The molecule has 7 nitrogen and oxygen atoms in total. The van der Waals surface area contributed by atoms with E-state index in [2.05, 4.69) is 33.8 Å². The molecule has 0 atom stereocenters. The highest BCUT2D eigenvalue weighted by Gasteiger charge is 2.02. The van der Waals surface area contributed by atoms with Crippen molar-refractivity contribution in [3.63, 3.8) is 0 Å². The minimum atomic E-state index is 0. The molecule has 0 spiro atoms. The van der Waals surface area contributed by atoms with Gasteiger partial charge in [0.25, 0.3) is 0 Å².